The molecule has 0 unspecified atom stereocenters. The number of thiocarbonyl (C=S) groups is 1. The minimum Gasteiger partial charge on any atom is -0.391 e. The van der Waals surface area contributed by atoms with Crippen LogP contribution in [-0.2, 0) is 6.61 Å². The van der Waals surface area contributed by atoms with E-state index in [1.807, 2.05) is 24.3 Å². The zero-order chi connectivity index (χ0) is 17.2. The fraction of sp³-hybridized carbons (Fsp3) is 0.294. The van der Waals surface area contributed by atoms with Crippen molar-refractivity contribution in [3.8, 4) is 10.6 Å². The van der Waals surface area contributed by atoms with Crippen molar-refractivity contribution in [1.82, 2.24) is 20.3 Å². The maximum Gasteiger partial charge on any atom is 0.180 e. The number of thiophene rings is 1. The molecule has 1 fully saturated rings. The van der Waals surface area contributed by atoms with Crippen molar-refractivity contribution in [1.29, 1.82) is 0 Å². The molecule has 8 heteroatoms. The molecule has 1 aliphatic carbocycles. The summed E-state index contributed by atoms with van der Waals surface area (Å²) in [6.07, 6.45) is 4.29. The molecule has 0 amide bonds. The lowest BCUT2D eigenvalue weighted by Crippen LogP contribution is -2.30. The molecular weight excluding hydrogens is 354 g/mol. The van der Waals surface area contributed by atoms with E-state index in [0.717, 1.165) is 33.4 Å². The maximum atomic E-state index is 9.21. The fourth-order valence-electron chi connectivity index (χ4n) is 2.41. The summed E-state index contributed by atoms with van der Waals surface area (Å²) in [6, 6.07) is 7.54. The van der Waals surface area contributed by atoms with Crippen LogP contribution >= 0.6 is 23.6 Å². The van der Waals surface area contributed by atoms with Crippen LogP contribution in [0.15, 0.2) is 30.5 Å². The summed E-state index contributed by atoms with van der Waals surface area (Å²) in [4.78, 5) is 15.4. The zero-order valence-corrected chi connectivity index (χ0v) is 15.0. The lowest BCUT2D eigenvalue weighted by molar-refractivity contribution is 0.285. The smallest absolute Gasteiger partial charge is 0.180 e. The van der Waals surface area contributed by atoms with E-state index in [1.165, 1.54) is 24.2 Å². The topological polar surface area (TPSA) is 83.0 Å². The van der Waals surface area contributed by atoms with Gasteiger partial charge in [-0.15, -0.1) is 11.3 Å². The van der Waals surface area contributed by atoms with Gasteiger partial charge in [0.05, 0.1) is 17.7 Å². The van der Waals surface area contributed by atoms with Crippen molar-refractivity contribution >= 4 is 45.6 Å². The number of fused-ring (bicyclic) bond motifs is 1. The van der Waals surface area contributed by atoms with Gasteiger partial charge in [0.1, 0.15) is 17.0 Å². The van der Waals surface area contributed by atoms with Crippen LogP contribution in [-0.4, -0.2) is 31.7 Å². The average Bonchev–Trinajstić information content (AvgIpc) is 3.34. The molecule has 3 N–H and O–H groups in total. The minimum absolute atomic E-state index is 0.0310. The molecule has 1 saturated carbocycles. The molecule has 3 heterocycles. The van der Waals surface area contributed by atoms with Crippen LogP contribution in [0, 0.1) is 5.92 Å². The van der Waals surface area contributed by atoms with Gasteiger partial charge in [0, 0.05) is 11.4 Å². The molecule has 0 aliphatic heterocycles. The third-order valence-electron chi connectivity index (χ3n) is 3.97. The van der Waals surface area contributed by atoms with Gasteiger partial charge in [-0.05, 0) is 55.2 Å². The van der Waals surface area contributed by atoms with Crippen molar-refractivity contribution in [2.75, 3.05) is 11.9 Å². The summed E-state index contributed by atoms with van der Waals surface area (Å²) in [5.41, 5.74) is 2.04. The van der Waals surface area contributed by atoms with E-state index in [4.69, 9.17) is 12.2 Å². The molecule has 4 rings (SSSR count). The van der Waals surface area contributed by atoms with Crippen LogP contribution in [0.25, 0.3) is 21.7 Å². The van der Waals surface area contributed by atoms with E-state index in [1.54, 1.807) is 6.20 Å². The van der Waals surface area contributed by atoms with E-state index in [0.29, 0.717) is 16.6 Å². The van der Waals surface area contributed by atoms with Crippen molar-refractivity contribution in [2.24, 2.45) is 5.92 Å². The van der Waals surface area contributed by atoms with Gasteiger partial charge in [-0.1, -0.05) is 0 Å². The molecule has 0 aromatic carbocycles. The van der Waals surface area contributed by atoms with Gasteiger partial charge in [0.25, 0.3) is 0 Å². The summed E-state index contributed by atoms with van der Waals surface area (Å²) in [7, 11) is 0. The zero-order valence-electron chi connectivity index (χ0n) is 13.4. The fourth-order valence-corrected chi connectivity index (χ4v) is 3.42. The van der Waals surface area contributed by atoms with Gasteiger partial charge in [-0.2, -0.15) is 0 Å². The molecule has 128 valence electrons. The summed E-state index contributed by atoms with van der Waals surface area (Å²) < 4.78 is 0. The number of pyridine rings is 1. The van der Waals surface area contributed by atoms with Gasteiger partial charge < -0.3 is 15.7 Å². The minimum atomic E-state index is 0.0310. The Bertz CT molecular complexity index is 922. The van der Waals surface area contributed by atoms with Crippen molar-refractivity contribution in [3.63, 3.8) is 0 Å². The predicted octanol–water partition coefficient (Wildman–Crippen LogP) is 2.94. The van der Waals surface area contributed by atoms with Crippen molar-refractivity contribution in [2.45, 2.75) is 19.4 Å². The molecule has 0 spiro atoms. The van der Waals surface area contributed by atoms with Crippen LogP contribution in [0.5, 0.6) is 0 Å². The number of aliphatic hydroxyl groups excluding tert-OH is 1. The summed E-state index contributed by atoms with van der Waals surface area (Å²) >= 11 is 6.80. The molecule has 3 aromatic rings. The molecular formula is C17H17N5OS2. The van der Waals surface area contributed by atoms with Crippen LogP contribution in [0.2, 0.25) is 0 Å². The van der Waals surface area contributed by atoms with Gasteiger partial charge in [-0.25, -0.2) is 9.97 Å². The number of hydrogen-bond donors (Lipinski definition) is 3. The van der Waals surface area contributed by atoms with Crippen molar-refractivity contribution in [3.05, 3.63) is 35.3 Å². The average molecular weight is 371 g/mol. The Labute approximate surface area is 154 Å². The van der Waals surface area contributed by atoms with E-state index in [-0.39, 0.29) is 6.61 Å². The highest BCUT2D eigenvalue weighted by Crippen LogP contribution is 2.28. The van der Waals surface area contributed by atoms with Crippen LogP contribution in [0.3, 0.4) is 0 Å². The summed E-state index contributed by atoms with van der Waals surface area (Å²) in [5, 5.41) is 16.1. The number of rotatable bonds is 5. The van der Waals surface area contributed by atoms with Crippen molar-refractivity contribution < 1.29 is 5.11 Å². The highest BCUT2D eigenvalue weighted by molar-refractivity contribution is 7.80. The molecule has 3 aromatic heterocycles. The highest BCUT2D eigenvalue weighted by atomic mass is 32.1. The number of hydrogen-bond acceptors (Lipinski definition) is 6. The molecule has 0 saturated heterocycles. The number of nitrogens with zero attached hydrogens (tertiary/aromatic N) is 3. The first-order valence-electron chi connectivity index (χ1n) is 8.10. The molecule has 25 heavy (non-hydrogen) atoms. The Morgan fingerprint density at radius 3 is 2.88 bits per heavy atom. The number of aliphatic hydroxyl groups is 1. The Morgan fingerprint density at radius 2 is 2.12 bits per heavy atom. The first kappa shape index (κ1) is 16.3. The first-order chi connectivity index (χ1) is 12.2. The molecule has 6 nitrogen and oxygen atoms in total. The van der Waals surface area contributed by atoms with Gasteiger partial charge in [0.2, 0.25) is 0 Å². The maximum absolute atomic E-state index is 9.21. The monoisotopic (exact) mass is 371 g/mol. The molecule has 0 radical (unpaired) electrons. The third-order valence-corrected chi connectivity index (χ3v) is 5.31. The summed E-state index contributed by atoms with van der Waals surface area (Å²) in [5.74, 6) is 1.40. The number of nitrogens with one attached hydrogen (secondary N) is 2. The van der Waals surface area contributed by atoms with E-state index in [9.17, 15) is 5.11 Å². The quantitative estimate of drug-likeness (QED) is 0.595. The second kappa shape index (κ2) is 6.99. The van der Waals surface area contributed by atoms with Gasteiger partial charge in [-0.3, -0.25) is 4.98 Å². The number of anilines is 1. The lowest BCUT2D eigenvalue weighted by atomic mass is 10.3. The Hall–Kier alpha value is -2.16. The largest absolute Gasteiger partial charge is 0.391 e. The van der Waals surface area contributed by atoms with Crippen LogP contribution in [0.1, 0.15) is 17.7 Å². The van der Waals surface area contributed by atoms with Crippen LogP contribution < -0.4 is 10.6 Å². The highest BCUT2D eigenvalue weighted by Gasteiger charge is 2.20. The summed E-state index contributed by atoms with van der Waals surface area (Å²) in [6.45, 7) is 0.943. The molecule has 1 aliphatic rings. The molecule has 0 atom stereocenters. The van der Waals surface area contributed by atoms with Gasteiger partial charge >= 0.3 is 0 Å². The standard InChI is InChI=1S/C17H17N5OS2/c23-9-11-3-5-14(25-11)13-8-18-12-4-6-15(21-16(12)20-13)22-17(24)19-7-10-1-2-10/h3-6,8,10,23H,1-2,7,9H2,(H2,19,20,21,22,24). The Balaban J connectivity index is 1.54. The molecule has 0 bridgehead atoms. The van der Waals surface area contributed by atoms with Crippen LogP contribution in [0.4, 0.5) is 5.82 Å². The Kier molecular flexibility index (Phi) is 4.56. The second-order valence-electron chi connectivity index (χ2n) is 6.00. The van der Waals surface area contributed by atoms with E-state index in [2.05, 4.69) is 25.6 Å². The Morgan fingerprint density at radius 1 is 1.24 bits per heavy atom. The predicted molar refractivity (Wildman–Crippen MR) is 104 cm³/mol. The normalized spacial score (nSPS) is 13.8. The first-order valence-corrected chi connectivity index (χ1v) is 9.32. The number of aromatic nitrogens is 3. The van der Waals surface area contributed by atoms with E-state index < -0.39 is 0 Å². The second-order valence-corrected chi connectivity index (χ2v) is 7.57. The lowest BCUT2D eigenvalue weighted by Gasteiger charge is -2.09. The van der Waals surface area contributed by atoms with Gasteiger partial charge in [0.15, 0.2) is 10.8 Å². The third kappa shape index (κ3) is 3.92. The SMILES string of the molecule is OCc1ccc(-c2cnc3ccc(NC(=S)NCC4CC4)nc3n2)s1. The van der Waals surface area contributed by atoms with E-state index >= 15 is 0 Å².